The molecule has 98 valence electrons. The first-order valence-electron chi connectivity index (χ1n) is 6.80. The maximum Gasteiger partial charge on any atom is 0.195 e. The van der Waals surface area contributed by atoms with Gasteiger partial charge in [-0.25, -0.2) is 0 Å². The molecular weight excluding hydrogens is 248 g/mol. The van der Waals surface area contributed by atoms with Gasteiger partial charge in [-0.05, 0) is 36.8 Å². The minimum absolute atomic E-state index is 0.535. The Bertz CT molecular complexity index is 425. The SMILES string of the molecule is ClCCCC1(c2ccc3c(c2)CCC3)OCCO1. The molecule has 1 heterocycles. The molecule has 1 saturated heterocycles. The lowest BCUT2D eigenvalue weighted by Gasteiger charge is -2.28. The van der Waals surface area contributed by atoms with Gasteiger partial charge in [0.25, 0.3) is 0 Å². The van der Waals surface area contributed by atoms with Crippen LogP contribution in [-0.2, 0) is 28.1 Å². The molecule has 3 rings (SSSR count). The predicted octanol–water partition coefficient (Wildman–Crippen LogP) is 3.39. The van der Waals surface area contributed by atoms with Crippen molar-refractivity contribution in [3.8, 4) is 0 Å². The van der Waals surface area contributed by atoms with Crippen LogP contribution in [0.2, 0.25) is 0 Å². The molecule has 0 saturated carbocycles. The minimum Gasteiger partial charge on any atom is -0.343 e. The molecule has 1 aromatic rings. The molecule has 1 fully saturated rings. The summed E-state index contributed by atoms with van der Waals surface area (Å²) in [6.45, 7) is 1.36. The number of ether oxygens (including phenoxy) is 2. The molecule has 1 aliphatic carbocycles. The topological polar surface area (TPSA) is 18.5 Å². The summed E-state index contributed by atoms with van der Waals surface area (Å²) >= 11 is 5.81. The van der Waals surface area contributed by atoms with Gasteiger partial charge in [0, 0.05) is 17.9 Å². The summed E-state index contributed by atoms with van der Waals surface area (Å²) in [6.07, 6.45) is 5.43. The third-order valence-corrected chi connectivity index (χ3v) is 4.20. The van der Waals surface area contributed by atoms with Crippen LogP contribution in [0, 0.1) is 0 Å². The van der Waals surface area contributed by atoms with E-state index in [4.69, 9.17) is 21.1 Å². The van der Waals surface area contributed by atoms with Crippen molar-refractivity contribution in [2.45, 2.75) is 37.9 Å². The van der Waals surface area contributed by atoms with Crippen LogP contribution in [0.3, 0.4) is 0 Å². The van der Waals surface area contributed by atoms with E-state index >= 15 is 0 Å². The number of alkyl halides is 1. The number of benzene rings is 1. The number of hydrogen-bond donors (Lipinski definition) is 0. The zero-order chi connectivity index (χ0) is 12.4. The van der Waals surface area contributed by atoms with E-state index in [0.717, 1.165) is 12.8 Å². The van der Waals surface area contributed by atoms with Crippen LogP contribution in [0.25, 0.3) is 0 Å². The van der Waals surface area contributed by atoms with Crippen LogP contribution < -0.4 is 0 Å². The first-order valence-corrected chi connectivity index (χ1v) is 7.34. The number of rotatable bonds is 4. The van der Waals surface area contributed by atoms with E-state index in [1.54, 1.807) is 0 Å². The second-order valence-electron chi connectivity index (χ2n) is 5.08. The maximum atomic E-state index is 5.91. The molecule has 18 heavy (non-hydrogen) atoms. The zero-order valence-electron chi connectivity index (χ0n) is 10.6. The second-order valence-corrected chi connectivity index (χ2v) is 5.46. The van der Waals surface area contributed by atoms with Crippen molar-refractivity contribution < 1.29 is 9.47 Å². The number of halogens is 1. The van der Waals surface area contributed by atoms with Gasteiger partial charge in [-0.15, -0.1) is 11.6 Å². The molecule has 2 aliphatic rings. The summed E-state index contributed by atoms with van der Waals surface area (Å²) in [5, 5.41) is 0. The Morgan fingerprint density at radius 1 is 1.11 bits per heavy atom. The summed E-state index contributed by atoms with van der Waals surface area (Å²) in [6, 6.07) is 6.69. The molecule has 0 spiro atoms. The van der Waals surface area contributed by atoms with E-state index < -0.39 is 5.79 Å². The van der Waals surface area contributed by atoms with Crippen LogP contribution in [0.15, 0.2) is 18.2 Å². The number of fused-ring (bicyclic) bond motifs is 1. The lowest BCUT2D eigenvalue weighted by molar-refractivity contribution is -0.170. The average molecular weight is 267 g/mol. The minimum atomic E-state index is -0.535. The molecule has 3 heteroatoms. The molecule has 0 amide bonds. The van der Waals surface area contributed by atoms with Gasteiger partial charge in [0.1, 0.15) is 0 Å². The monoisotopic (exact) mass is 266 g/mol. The molecule has 0 unspecified atom stereocenters. The molecular formula is C15H19ClO2. The Balaban J connectivity index is 1.90. The van der Waals surface area contributed by atoms with Gasteiger partial charge in [0.2, 0.25) is 0 Å². The van der Waals surface area contributed by atoms with Gasteiger partial charge in [0.15, 0.2) is 5.79 Å². The highest BCUT2D eigenvalue weighted by molar-refractivity contribution is 6.17. The fraction of sp³-hybridized carbons (Fsp3) is 0.600. The predicted molar refractivity (Wildman–Crippen MR) is 72.0 cm³/mol. The Kier molecular flexibility index (Phi) is 3.60. The van der Waals surface area contributed by atoms with E-state index in [-0.39, 0.29) is 0 Å². The molecule has 0 bridgehead atoms. The van der Waals surface area contributed by atoms with E-state index in [1.807, 2.05) is 0 Å². The van der Waals surface area contributed by atoms with Gasteiger partial charge in [-0.2, -0.15) is 0 Å². The first kappa shape index (κ1) is 12.5. The molecule has 2 nitrogen and oxygen atoms in total. The summed E-state index contributed by atoms with van der Waals surface area (Å²) in [5.74, 6) is 0.117. The largest absolute Gasteiger partial charge is 0.343 e. The normalized spacial score (nSPS) is 21.2. The zero-order valence-corrected chi connectivity index (χ0v) is 11.3. The van der Waals surface area contributed by atoms with Crippen LogP contribution in [-0.4, -0.2) is 19.1 Å². The quantitative estimate of drug-likeness (QED) is 0.778. The third-order valence-electron chi connectivity index (χ3n) is 3.93. The molecule has 0 aromatic heterocycles. The summed E-state index contributed by atoms with van der Waals surface area (Å²) < 4.78 is 11.8. The lowest BCUT2D eigenvalue weighted by Crippen LogP contribution is -2.27. The Morgan fingerprint density at radius 3 is 2.67 bits per heavy atom. The van der Waals surface area contributed by atoms with Crippen LogP contribution in [0.4, 0.5) is 0 Å². The number of aryl methyl sites for hydroxylation is 2. The van der Waals surface area contributed by atoms with Crippen molar-refractivity contribution in [3.05, 3.63) is 34.9 Å². The number of hydrogen-bond acceptors (Lipinski definition) is 2. The summed E-state index contributed by atoms with van der Waals surface area (Å²) in [7, 11) is 0. The highest BCUT2D eigenvalue weighted by Crippen LogP contribution is 2.38. The smallest absolute Gasteiger partial charge is 0.195 e. The Hall–Kier alpha value is -0.570. The van der Waals surface area contributed by atoms with E-state index in [0.29, 0.717) is 19.1 Å². The average Bonchev–Trinajstić information content (AvgIpc) is 3.05. The Morgan fingerprint density at radius 2 is 1.89 bits per heavy atom. The van der Waals surface area contributed by atoms with Gasteiger partial charge in [-0.3, -0.25) is 0 Å². The van der Waals surface area contributed by atoms with Crippen LogP contribution >= 0.6 is 11.6 Å². The summed E-state index contributed by atoms with van der Waals surface area (Å²) in [5.41, 5.74) is 4.13. The van der Waals surface area contributed by atoms with E-state index in [2.05, 4.69) is 18.2 Å². The van der Waals surface area contributed by atoms with Gasteiger partial charge < -0.3 is 9.47 Å². The fourth-order valence-corrected chi connectivity index (χ4v) is 3.15. The standard InChI is InChI=1S/C15H19ClO2/c16-8-2-7-15(17-9-10-18-15)14-6-5-12-3-1-4-13(12)11-14/h5-6,11H,1-4,7-10H2. The first-order chi connectivity index (χ1) is 8.84. The maximum absolute atomic E-state index is 5.91. The highest BCUT2D eigenvalue weighted by atomic mass is 35.5. The van der Waals surface area contributed by atoms with Crippen molar-refractivity contribution in [2.75, 3.05) is 19.1 Å². The van der Waals surface area contributed by atoms with Crippen molar-refractivity contribution in [3.63, 3.8) is 0 Å². The van der Waals surface area contributed by atoms with E-state index in [1.165, 1.54) is 36.0 Å². The molecule has 0 radical (unpaired) electrons. The lowest BCUT2D eigenvalue weighted by atomic mass is 9.97. The molecule has 1 aliphatic heterocycles. The van der Waals surface area contributed by atoms with Crippen LogP contribution in [0.1, 0.15) is 36.0 Å². The van der Waals surface area contributed by atoms with Crippen molar-refractivity contribution in [1.29, 1.82) is 0 Å². The van der Waals surface area contributed by atoms with Crippen molar-refractivity contribution in [1.82, 2.24) is 0 Å². The highest BCUT2D eigenvalue weighted by Gasteiger charge is 2.38. The second kappa shape index (κ2) is 5.20. The van der Waals surface area contributed by atoms with Crippen LogP contribution in [0.5, 0.6) is 0 Å². The Labute approximate surface area is 113 Å². The van der Waals surface area contributed by atoms with Crippen molar-refractivity contribution >= 4 is 11.6 Å². The van der Waals surface area contributed by atoms with E-state index in [9.17, 15) is 0 Å². The summed E-state index contributed by atoms with van der Waals surface area (Å²) in [4.78, 5) is 0. The van der Waals surface area contributed by atoms with Crippen molar-refractivity contribution in [2.24, 2.45) is 0 Å². The van der Waals surface area contributed by atoms with Gasteiger partial charge >= 0.3 is 0 Å². The third kappa shape index (κ3) is 2.18. The molecule has 0 N–H and O–H groups in total. The van der Waals surface area contributed by atoms with Gasteiger partial charge in [0.05, 0.1) is 13.2 Å². The fourth-order valence-electron chi connectivity index (χ4n) is 3.02. The molecule has 0 atom stereocenters. The molecule has 1 aromatic carbocycles. The van der Waals surface area contributed by atoms with Gasteiger partial charge in [-0.1, -0.05) is 18.2 Å².